The maximum absolute atomic E-state index is 13.0. The van der Waals surface area contributed by atoms with Gasteiger partial charge >= 0.3 is 0 Å². The molecule has 0 aliphatic rings. The number of hydrogen-bond acceptors (Lipinski definition) is 2. The molecule has 0 saturated carbocycles. The first-order chi connectivity index (χ1) is 10.3. The second-order valence-corrected chi connectivity index (χ2v) is 6.04. The van der Waals surface area contributed by atoms with Gasteiger partial charge in [0.05, 0.1) is 15.8 Å². The van der Waals surface area contributed by atoms with Crippen LogP contribution in [0.15, 0.2) is 72.1 Å². The van der Waals surface area contributed by atoms with E-state index in [-0.39, 0.29) is 11.7 Å². The molecule has 0 aliphatic carbocycles. The molecule has 104 valence electrons. The van der Waals surface area contributed by atoms with Gasteiger partial charge in [0, 0.05) is 0 Å². The van der Waals surface area contributed by atoms with E-state index >= 15 is 0 Å². The number of halogens is 1. The summed E-state index contributed by atoms with van der Waals surface area (Å²) in [5, 5.41) is 2.38. The van der Waals surface area contributed by atoms with Gasteiger partial charge in [0.15, 0.2) is 5.78 Å². The van der Waals surface area contributed by atoms with E-state index in [1.807, 2.05) is 66.0 Å². The minimum atomic E-state index is -0.316. The largest absolute Gasteiger partial charge is 0.292 e. The third-order valence-electron chi connectivity index (χ3n) is 3.37. The summed E-state index contributed by atoms with van der Waals surface area (Å²) in [5.41, 5.74) is 1.97. The Morgan fingerprint density at radius 3 is 1.81 bits per heavy atom. The highest BCUT2D eigenvalue weighted by Crippen LogP contribution is 2.33. The summed E-state index contributed by atoms with van der Waals surface area (Å²) < 4.78 is 0. The molecule has 0 spiro atoms. The predicted octanol–water partition coefficient (Wildman–Crippen LogP) is 5.42. The molecule has 2 aromatic carbocycles. The third kappa shape index (κ3) is 2.92. The fraction of sp³-hybridized carbons (Fsp3) is 0.0556. The SMILES string of the molecule is O=C(c1sccc1Cl)C(c1ccccc1)c1ccccc1. The van der Waals surface area contributed by atoms with Crippen molar-refractivity contribution in [1.29, 1.82) is 0 Å². The Balaban J connectivity index is 2.09. The molecule has 0 aliphatic heterocycles. The van der Waals surface area contributed by atoms with Crippen molar-refractivity contribution in [2.75, 3.05) is 0 Å². The topological polar surface area (TPSA) is 17.1 Å². The first kappa shape index (κ1) is 14.1. The van der Waals surface area contributed by atoms with Crippen LogP contribution in [0.3, 0.4) is 0 Å². The summed E-state index contributed by atoms with van der Waals surface area (Å²) in [6.07, 6.45) is 0. The molecule has 0 fully saturated rings. The maximum Gasteiger partial charge on any atom is 0.186 e. The van der Waals surface area contributed by atoms with Gasteiger partial charge in [0.25, 0.3) is 0 Å². The average Bonchev–Trinajstić information content (AvgIpc) is 2.96. The van der Waals surface area contributed by atoms with Crippen LogP contribution in [0.2, 0.25) is 5.02 Å². The Labute approximate surface area is 132 Å². The highest BCUT2D eigenvalue weighted by molar-refractivity contribution is 7.12. The van der Waals surface area contributed by atoms with Crippen LogP contribution in [0.4, 0.5) is 0 Å². The predicted molar refractivity (Wildman–Crippen MR) is 88.4 cm³/mol. The number of carbonyl (C=O) groups is 1. The summed E-state index contributed by atoms with van der Waals surface area (Å²) in [7, 11) is 0. The lowest BCUT2D eigenvalue weighted by Gasteiger charge is -2.16. The number of carbonyl (C=O) groups excluding carboxylic acids is 1. The molecule has 0 amide bonds. The zero-order chi connectivity index (χ0) is 14.7. The Morgan fingerprint density at radius 2 is 1.38 bits per heavy atom. The quantitative estimate of drug-likeness (QED) is 0.588. The Kier molecular flexibility index (Phi) is 4.18. The average molecular weight is 313 g/mol. The van der Waals surface area contributed by atoms with Crippen molar-refractivity contribution in [2.45, 2.75) is 5.92 Å². The first-order valence-electron chi connectivity index (χ1n) is 6.64. The Hall–Kier alpha value is -1.90. The van der Waals surface area contributed by atoms with E-state index in [1.165, 1.54) is 11.3 Å². The number of Topliss-reactive ketones (excluding diaryl/α,β-unsaturated/α-hetero) is 1. The molecule has 0 bridgehead atoms. The maximum atomic E-state index is 13.0. The van der Waals surface area contributed by atoms with Gasteiger partial charge in [-0.05, 0) is 22.6 Å². The van der Waals surface area contributed by atoms with Crippen molar-refractivity contribution in [1.82, 2.24) is 0 Å². The minimum absolute atomic E-state index is 0.0485. The summed E-state index contributed by atoms with van der Waals surface area (Å²) >= 11 is 7.54. The summed E-state index contributed by atoms with van der Waals surface area (Å²) in [6, 6.07) is 21.4. The molecule has 0 unspecified atom stereocenters. The van der Waals surface area contributed by atoms with Crippen molar-refractivity contribution in [3.8, 4) is 0 Å². The van der Waals surface area contributed by atoms with Crippen LogP contribution < -0.4 is 0 Å². The molecule has 1 aromatic heterocycles. The number of rotatable bonds is 4. The fourth-order valence-electron chi connectivity index (χ4n) is 2.39. The van der Waals surface area contributed by atoms with Crippen LogP contribution in [0, 0.1) is 0 Å². The molecular formula is C18H13ClOS. The van der Waals surface area contributed by atoms with Gasteiger partial charge in [0.2, 0.25) is 0 Å². The van der Waals surface area contributed by atoms with Gasteiger partial charge in [-0.1, -0.05) is 72.3 Å². The van der Waals surface area contributed by atoms with Crippen LogP contribution in [0.5, 0.6) is 0 Å². The third-order valence-corrected chi connectivity index (χ3v) is 4.72. The van der Waals surface area contributed by atoms with Gasteiger partial charge in [-0.15, -0.1) is 11.3 Å². The van der Waals surface area contributed by atoms with E-state index in [0.29, 0.717) is 9.90 Å². The number of thiophene rings is 1. The molecule has 3 aromatic rings. The molecule has 3 rings (SSSR count). The van der Waals surface area contributed by atoms with Gasteiger partial charge < -0.3 is 0 Å². The summed E-state index contributed by atoms with van der Waals surface area (Å²) in [4.78, 5) is 13.6. The smallest absolute Gasteiger partial charge is 0.186 e. The van der Waals surface area contributed by atoms with Crippen molar-refractivity contribution < 1.29 is 4.79 Å². The zero-order valence-corrected chi connectivity index (χ0v) is 12.8. The molecule has 1 heterocycles. The Bertz CT molecular complexity index is 695. The van der Waals surface area contributed by atoms with Gasteiger partial charge in [-0.25, -0.2) is 0 Å². The molecule has 3 heteroatoms. The van der Waals surface area contributed by atoms with Crippen LogP contribution >= 0.6 is 22.9 Å². The highest BCUT2D eigenvalue weighted by atomic mass is 35.5. The van der Waals surface area contributed by atoms with E-state index in [0.717, 1.165) is 11.1 Å². The second kappa shape index (κ2) is 6.25. The second-order valence-electron chi connectivity index (χ2n) is 4.72. The lowest BCUT2D eigenvalue weighted by Crippen LogP contribution is -2.13. The molecule has 0 N–H and O–H groups in total. The van der Waals surface area contributed by atoms with E-state index in [4.69, 9.17) is 11.6 Å². The van der Waals surface area contributed by atoms with Gasteiger partial charge in [-0.2, -0.15) is 0 Å². The lowest BCUT2D eigenvalue weighted by molar-refractivity contribution is 0.0978. The summed E-state index contributed by atoms with van der Waals surface area (Å²) in [6.45, 7) is 0. The van der Waals surface area contributed by atoms with E-state index in [2.05, 4.69) is 0 Å². The first-order valence-corrected chi connectivity index (χ1v) is 7.90. The van der Waals surface area contributed by atoms with E-state index < -0.39 is 0 Å². The molecular weight excluding hydrogens is 300 g/mol. The lowest BCUT2D eigenvalue weighted by atomic mass is 9.87. The fourth-order valence-corrected chi connectivity index (χ4v) is 3.51. The molecule has 0 atom stereocenters. The number of hydrogen-bond donors (Lipinski definition) is 0. The molecule has 0 saturated heterocycles. The highest BCUT2D eigenvalue weighted by Gasteiger charge is 2.26. The molecule has 0 radical (unpaired) electrons. The van der Waals surface area contributed by atoms with E-state index in [9.17, 15) is 4.79 Å². The normalized spacial score (nSPS) is 10.8. The van der Waals surface area contributed by atoms with Crippen LogP contribution in [-0.4, -0.2) is 5.78 Å². The van der Waals surface area contributed by atoms with Crippen molar-refractivity contribution in [3.05, 3.63) is 93.1 Å². The van der Waals surface area contributed by atoms with Crippen LogP contribution in [0.1, 0.15) is 26.7 Å². The van der Waals surface area contributed by atoms with Crippen molar-refractivity contribution >= 4 is 28.7 Å². The standard InChI is InChI=1S/C18H13ClOS/c19-15-11-12-21-18(15)17(20)16(13-7-3-1-4-8-13)14-9-5-2-6-10-14/h1-12,16H. The van der Waals surface area contributed by atoms with Crippen LogP contribution in [0.25, 0.3) is 0 Å². The Morgan fingerprint density at radius 1 is 0.857 bits per heavy atom. The molecule has 21 heavy (non-hydrogen) atoms. The zero-order valence-electron chi connectivity index (χ0n) is 11.2. The number of benzene rings is 2. The van der Waals surface area contributed by atoms with Gasteiger partial charge in [0.1, 0.15) is 0 Å². The number of ketones is 1. The molecule has 1 nitrogen and oxygen atoms in total. The minimum Gasteiger partial charge on any atom is -0.292 e. The summed E-state index contributed by atoms with van der Waals surface area (Å²) in [5.74, 6) is -0.268. The monoisotopic (exact) mass is 312 g/mol. The van der Waals surface area contributed by atoms with Gasteiger partial charge in [-0.3, -0.25) is 4.79 Å². The van der Waals surface area contributed by atoms with E-state index in [1.54, 1.807) is 6.07 Å². The van der Waals surface area contributed by atoms with Crippen molar-refractivity contribution in [2.24, 2.45) is 0 Å². The van der Waals surface area contributed by atoms with Crippen molar-refractivity contribution in [3.63, 3.8) is 0 Å². The van der Waals surface area contributed by atoms with Crippen LogP contribution in [-0.2, 0) is 0 Å².